The molecule has 2 aromatic rings. The molecule has 0 radical (unpaired) electrons. The first-order valence-electron chi connectivity index (χ1n) is 13.4. The van der Waals surface area contributed by atoms with Gasteiger partial charge in [0.15, 0.2) is 0 Å². The largest absolute Gasteiger partial charge is 0.488 e. The standard InChI is InChI=1S/C29H39F3N4O4/c1-18(2)33-28(39)34-24-10-11-25-22(12-24)13-27(38)36(20(4)17-37)14-19(3)26(40-25)16-35(5)15-21-6-8-23(9-7-21)29(30,31)32/h6-12,18-20,26,37H,13-17H2,1-5H3,(H2,33,34,39)/t19-,20+,26-/m0/s1. The van der Waals surface area contributed by atoms with Gasteiger partial charge in [-0.25, -0.2) is 4.79 Å². The number of likely N-dealkylation sites (N-methyl/N-ethyl adjacent to an activating group) is 1. The number of nitrogens with zero attached hydrogens (tertiary/aromatic N) is 2. The Labute approximate surface area is 233 Å². The van der Waals surface area contributed by atoms with Gasteiger partial charge in [0.25, 0.3) is 0 Å². The van der Waals surface area contributed by atoms with Gasteiger partial charge in [0.1, 0.15) is 11.9 Å². The van der Waals surface area contributed by atoms with E-state index in [9.17, 15) is 27.9 Å². The predicted molar refractivity (Wildman–Crippen MR) is 147 cm³/mol. The molecule has 1 aliphatic rings. The summed E-state index contributed by atoms with van der Waals surface area (Å²) in [6.07, 6.45) is -4.73. The predicted octanol–water partition coefficient (Wildman–Crippen LogP) is 4.52. The summed E-state index contributed by atoms with van der Waals surface area (Å²) in [5.41, 5.74) is 1.15. The molecule has 1 aliphatic heterocycles. The van der Waals surface area contributed by atoms with Crippen molar-refractivity contribution in [3.8, 4) is 5.75 Å². The molecule has 0 saturated heterocycles. The quantitative estimate of drug-likeness (QED) is 0.439. The molecule has 0 unspecified atom stereocenters. The van der Waals surface area contributed by atoms with Gasteiger partial charge in [-0.3, -0.25) is 9.69 Å². The van der Waals surface area contributed by atoms with E-state index in [2.05, 4.69) is 10.6 Å². The molecule has 3 atom stereocenters. The molecule has 220 valence electrons. The molecule has 2 aromatic carbocycles. The number of aliphatic hydroxyl groups excluding tert-OH is 1. The van der Waals surface area contributed by atoms with Crippen LogP contribution in [0.5, 0.6) is 5.75 Å². The normalized spacial score (nSPS) is 18.9. The van der Waals surface area contributed by atoms with E-state index in [1.165, 1.54) is 12.1 Å². The highest BCUT2D eigenvalue weighted by Crippen LogP contribution is 2.31. The third-order valence-corrected chi connectivity index (χ3v) is 6.82. The number of fused-ring (bicyclic) bond motifs is 1. The molecule has 3 N–H and O–H groups in total. The van der Waals surface area contributed by atoms with E-state index in [1.54, 1.807) is 30.0 Å². The van der Waals surface area contributed by atoms with Crippen LogP contribution in [0.3, 0.4) is 0 Å². The molecule has 0 aliphatic carbocycles. The van der Waals surface area contributed by atoms with Gasteiger partial charge in [0.05, 0.1) is 24.6 Å². The second-order valence-corrected chi connectivity index (χ2v) is 10.9. The van der Waals surface area contributed by atoms with Gasteiger partial charge in [-0.05, 0) is 63.7 Å². The van der Waals surface area contributed by atoms with Crippen LogP contribution in [0.25, 0.3) is 0 Å². The zero-order valence-electron chi connectivity index (χ0n) is 23.6. The van der Waals surface area contributed by atoms with Gasteiger partial charge in [0.2, 0.25) is 5.91 Å². The van der Waals surface area contributed by atoms with Crippen molar-refractivity contribution in [2.24, 2.45) is 5.92 Å². The molecular formula is C29H39F3N4O4. The van der Waals surface area contributed by atoms with Gasteiger partial charge in [-0.2, -0.15) is 13.2 Å². The zero-order valence-corrected chi connectivity index (χ0v) is 23.6. The molecular weight excluding hydrogens is 525 g/mol. The number of carbonyl (C=O) groups excluding carboxylic acids is 2. The molecule has 8 nitrogen and oxygen atoms in total. The van der Waals surface area contributed by atoms with Crippen molar-refractivity contribution in [1.82, 2.24) is 15.1 Å². The number of alkyl halides is 3. The number of amides is 3. The third-order valence-electron chi connectivity index (χ3n) is 6.82. The van der Waals surface area contributed by atoms with E-state index in [0.29, 0.717) is 36.6 Å². The Morgan fingerprint density at radius 2 is 1.85 bits per heavy atom. The smallest absolute Gasteiger partial charge is 0.416 e. The van der Waals surface area contributed by atoms with Crippen molar-refractivity contribution in [2.45, 2.75) is 65.0 Å². The highest BCUT2D eigenvalue weighted by Gasteiger charge is 2.32. The summed E-state index contributed by atoms with van der Waals surface area (Å²) in [4.78, 5) is 29.2. The highest BCUT2D eigenvalue weighted by molar-refractivity contribution is 5.90. The van der Waals surface area contributed by atoms with E-state index < -0.39 is 17.8 Å². The highest BCUT2D eigenvalue weighted by atomic mass is 19.4. The van der Waals surface area contributed by atoms with E-state index in [-0.39, 0.29) is 43.0 Å². The van der Waals surface area contributed by atoms with Crippen LogP contribution in [0.2, 0.25) is 0 Å². The molecule has 0 spiro atoms. The number of anilines is 1. The van der Waals surface area contributed by atoms with Crippen molar-refractivity contribution in [3.63, 3.8) is 0 Å². The topological polar surface area (TPSA) is 94.1 Å². The number of rotatable bonds is 8. The Morgan fingerprint density at radius 1 is 1.18 bits per heavy atom. The number of urea groups is 1. The SMILES string of the molecule is CC(C)NC(=O)Nc1ccc2c(c1)CC(=O)N([C@H](C)CO)C[C@H](C)[C@H](CN(C)Cc1ccc(C(F)(F)F)cc1)O2. The van der Waals surface area contributed by atoms with Crippen molar-refractivity contribution in [3.05, 3.63) is 59.2 Å². The van der Waals surface area contributed by atoms with Gasteiger partial charge in [-0.15, -0.1) is 0 Å². The molecule has 0 aromatic heterocycles. The number of halogens is 3. The van der Waals surface area contributed by atoms with Crippen LogP contribution in [-0.2, 0) is 23.9 Å². The van der Waals surface area contributed by atoms with Crippen LogP contribution in [0.15, 0.2) is 42.5 Å². The Morgan fingerprint density at radius 3 is 2.45 bits per heavy atom. The molecule has 11 heteroatoms. The minimum absolute atomic E-state index is 0.0296. The van der Waals surface area contributed by atoms with Crippen LogP contribution in [0.4, 0.5) is 23.7 Å². The van der Waals surface area contributed by atoms with Crippen LogP contribution in [-0.4, -0.2) is 71.8 Å². The average molecular weight is 565 g/mol. The minimum Gasteiger partial charge on any atom is -0.488 e. The summed E-state index contributed by atoms with van der Waals surface area (Å²) in [5.74, 6) is 0.218. The number of aliphatic hydroxyl groups is 1. The molecule has 0 saturated carbocycles. The van der Waals surface area contributed by atoms with E-state index >= 15 is 0 Å². The van der Waals surface area contributed by atoms with E-state index in [0.717, 1.165) is 17.7 Å². The molecule has 0 fully saturated rings. The lowest BCUT2D eigenvalue weighted by Gasteiger charge is -2.34. The van der Waals surface area contributed by atoms with Crippen molar-refractivity contribution in [1.29, 1.82) is 0 Å². The monoisotopic (exact) mass is 564 g/mol. The van der Waals surface area contributed by atoms with Crippen LogP contribution < -0.4 is 15.4 Å². The van der Waals surface area contributed by atoms with E-state index in [4.69, 9.17) is 4.74 Å². The zero-order chi connectivity index (χ0) is 29.6. The summed E-state index contributed by atoms with van der Waals surface area (Å²) in [5, 5.41) is 15.4. The molecule has 3 rings (SSSR count). The number of ether oxygens (including phenoxy) is 1. The molecule has 1 heterocycles. The first kappa shape index (κ1) is 31.2. The number of nitrogens with one attached hydrogen (secondary N) is 2. The number of carbonyl (C=O) groups is 2. The fraction of sp³-hybridized carbons (Fsp3) is 0.517. The second kappa shape index (κ2) is 13.4. The summed E-state index contributed by atoms with van der Waals surface area (Å²) in [6.45, 7) is 8.46. The Kier molecular flexibility index (Phi) is 10.4. The lowest BCUT2D eigenvalue weighted by molar-refractivity contribution is -0.137. The fourth-order valence-corrected chi connectivity index (χ4v) is 4.64. The molecule has 40 heavy (non-hydrogen) atoms. The van der Waals surface area contributed by atoms with E-state index in [1.807, 2.05) is 32.7 Å². The second-order valence-electron chi connectivity index (χ2n) is 10.9. The maximum Gasteiger partial charge on any atom is 0.416 e. The Balaban J connectivity index is 1.85. The number of hydrogen-bond acceptors (Lipinski definition) is 5. The van der Waals surface area contributed by atoms with Crippen molar-refractivity contribution < 1.29 is 32.6 Å². The van der Waals surface area contributed by atoms with Crippen molar-refractivity contribution in [2.75, 3.05) is 32.1 Å². The summed E-state index contributed by atoms with van der Waals surface area (Å²) >= 11 is 0. The third kappa shape index (κ3) is 8.59. The van der Waals surface area contributed by atoms with Crippen molar-refractivity contribution >= 4 is 17.6 Å². The maximum atomic E-state index is 13.3. The van der Waals surface area contributed by atoms with Crippen LogP contribution in [0.1, 0.15) is 44.4 Å². The van der Waals surface area contributed by atoms with Crippen LogP contribution >= 0.6 is 0 Å². The Bertz CT molecular complexity index is 1160. The first-order chi connectivity index (χ1) is 18.8. The maximum absolute atomic E-state index is 13.3. The first-order valence-corrected chi connectivity index (χ1v) is 13.4. The number of benzene rings is 2. The summed E-state index contributed by atoms with van der Waals surface area (Å²) in [6, 6.07) is 9.43. The van der Waals surface area contributed by atoms with Gasteiger partial charge >= 0.3 is 12.2 Å². The van der Waals surface area contributed by atoms with Gasteiger partial charge in [-0.1, -0.05) is 19.1 Å². The summed E-state index contributed by atoms with van der Waals surface area (Å²) < 4.78 is 45.3. The van der Waals surface area contributed by atoms with Crippen LogP contribution in [0, 0.1) is 5.92 Å². The van der Waals surface area contributed by atoms with Gasteiger partial charge in [0, 0.05) is 42.8 Å². The lowest BCUT2D eigenvalue weighted by Crippen LogP contribution is -2.47. The average Bonchev–Trinajstić information content (AvgIpc) is 2.90. The minimum atomic E-state index is -4.39. The fourth-order valence-electron chi connectivity index (χ4n) is 4.64. The molecule has 0 bridgehead atoms. The van der Waals surface area contributed by atoms with Gasteiger partial charge < -0.3 is 25.4 Å². The number of hydrogen-bond donors (Lipinski definition) is 3. The summed E-state index contributed by atoms with van der Waals surface area (Å²) in [7, 11) is 1.86. The lowest BCUT2D eigenvalue weighted by atomic mass is 10.0. The molecule has 3 amide bonds. The Hall–Kier alpha value is -3.31.